The Morgan fingerprint density at radius 2 is 2.33 bits per heavy atom. The third-order valence-electron chi connectivity index (χ3n) is 1.89. The molecule has 0 aliphatic heterocycles. The van der Waals surface area contributed by atoms with Crippen molar-refractivity contribution in [3.8, 4) is 0 Å². The van der Waals surface area contributed by atoms with Crippen LogP contribution in [0.3, 0.4) is 0 Å². The number of ether oxygens (including phenoxy) is 1. The maximum Gasteiger partial charge on any atom is 0.124 e. The van der Waals surface area contributed by atoms with E-state index in [-0.39, 0.29) is 5.84 Å². The largest absolute Gasteiger partial charge is 0.384 e. The fourth-order valence-corrected chi connectivity index (χ4v) is 1.36. The van der Waals surface area contributed by atoms with E-state index in [1.54, 1.807) is 25.3 Å². The predicted octanol–water partition coefficient (Wildman–Crippen LogP) is 1.68. The van der Waals surface area contributed by atoms with Crippen LogP contribution in [-0.2, 0) is 4.74 Å². The SMILES string of the molecule is COCCNc1cc(Cl)ccc1C(=N)N. The zero-order valence-electron chi connectivity index (χ0n) is 8.51. The summed E-state index contributed by atoms with van der Waals surface area (Å²) in [5.74, 6) is 0.0200. The number of hydrogen-bond donors (Lipinski definition) is 3. The monoisotopic (exact) mass is 227 g/mol. The van der Waals surface area contributed by atoms with Crippen molar-refractivity contribution in [1.82, 2.24) is 0 Å². The predicted molar refractivity (Wildman–Crippen MR) is 62.8 cm³/mol. The van der Waals surface area contributed by atoms with E-state index in [2.05, 4.69) is 5.32 Å². The molecule has 0 atom stereocenters. The number of halogens is 1. The smallest absolute Gasteiger partial charge is 0.124 e. The van der Waals surface area contributed by atoms with Crippen molar-refractivity contribution in [2.45, 2.75) is 0 Å². The first-order chi connectivity index (χ1) is 7.15. The molecule has 4 nitrogen and oxygen atoms in total. The van der Waals surface area contributed by atoms with Gasteiger partial charge in [-0.2, -0.15) is 0 Å². The number of rotatable bonds is 5. The fourth-order valence-electron chi connectivity index (χ4n) is 1.19. The van der Waals surface area contributed by atoms with Gasteiger partial charge >= 0.3 is 0 Å². The standard InChI is InChI=1S/C10H14ClN3O/c1-15-5-4-14-9-6-7(11)2-3-8(9)10(12)13/h2-3,6,14H,4-5H2,1H3,(H3,12,13). The van der Waals surface area contributed by atoms with Crippen molar-refractivity contribution in [1.29, 1.82) is 5.41 Å². The molecule has 0 aromatic heterocycles. The van der Waals surface area contributed by atoms with Gasteiger partial charge in [0.2, 0.25) is 0 Å². The molecular formula is C10H14ClN3O. The second kappa shape index (κ2) is 5.58. The number of nitrogen functional groups attached to an aromatic ring is 1. The van der Waals surface area contributed by atoms with Crippen LogP contribution in [0.4, 0.5) is 5.69 Å². The molecule has 1 aromatic rings. The number of methoxy groups -OCH3 is 1. The van der Waals surface area contributed by atoms with E-state index in [1.807, 2.05) is 0 Å². The van der Waals surface area contributed by atoms with Gasteiger partial charge in [-0.05, 0) is 18.2 Å². The van der Waals surface area contributed by atoms with E-state index < -0.39 is 0 Å². The van der Waals surface area contributed by atoms with Crippen molar-refractivity contribution in [3.63, 3.8) is 0 Å². The normalized spacial score (nSPS) is 10.0. The lowest BCUT2D eigenvalue weighted by Crippen LogP contribution is -2.16. The van der Waals surface area contributed by atoms with Gasteiger partial charge in [0.05, 0.1) is 6.61 Å². The molecule has 0 amide bonds. The van der Waals surface area contributed by atoms with Crippen molar-refractivity contribution in [3.05, 3.63) is 28.8 Å². The van der Waals surface area contributed by atoms with Gasteiger partial charge in [-0.25, -0.2) is 0 Å². The molecule has 0 saturated heterocycles. The average Bonchev–Trinajstić information content (AvgIpc) is 2.18. The van der Waals surface area contributed by atoms with E-state index in [1.165, 1.54) is 0 Å². The van der Waals surface area contributed by atoms with Crippen LogP contribution in [0.2, 0.25) is 5.02 Å². The average molecular weight is 228 g/mol. The first-order valence-corrected chi connectivity index (χ1v) is 4.89. The summed E-state index contributed by atoms with van der Waals surface area (Å²) >= 11 is 5.85. The molecule has 0 unspecified atom stereocenters. The highest BCUT2D eigenvalue weighted by molar-refractivity contribution is 6.31. The van der Waals surface area contributed by atoms with Gasteiger partial charge in [0, 0.05) is 29.9 Å². The molecular weight excluding hydrogens is 214 g/mol. The zero-order valence-corrected chi connectivity index (χ0v) is 9.27. The van der Waals surface area contributed by atoms with Crippen LogP contribution in [0.25, 0.3) is 0 Å². The lowest BCUT2D eigenvalue weighted by atomic mass is 10.1. The molecule has 5 heteroatoms. The van der Waals surface area contributed by atoms with Gasteiger partial charge in [-0.1, -0.05) is 11.6 Å². The highest BCUT2D eigenvalue weighted by Crippen LogP contribution is 2.20. The minimum atomic E-state index is 0.0200. The van der Waals surface area contributed by atoms with Crippen LogP contribution >= 0.6 is 11.6 Å². The van der Waals surface area contributed by atoms with Gasteiger partial charge in [0.1, 0.15) is 5.84 Å². The Balaban J connectivity index is 2.82. The number of anilines is 1. The molecule has 15 heavy (non-hydrogen) atoms. The minimum Gasteiger partial charge on any atom is -0.384 e. The van der Waals surface area contributed by atoms with E-state index in [4.69, 9.17) is 27.5 Å². The first kappa shape index (κ1) is 11.8. The quantitative estimate of drug-likeness (QED) is 0.407. The third kappa shape index (κ3) is 3.42. The van der Waals surface area contributed by atoms with Crippen molar-refractivity contribution < 1.29 is 4.74 Å². The molecule has 1 aromatic carbocycles. The van der Waals surface area contributed by atoms with E-state index >= 15 is 0 Å². The topological polar surface area (TPSA) is 71.1 Å². The molecule has 0 saturated carbocycles. The Kier molecular flexibility index (Phi) is 4.39. The van der Waals surface area contributed by atoms with Crippen LogP contribution in [0.5, 0.6) is 0 Å². The summed E-state index contributed by atoms with van der Waals surface area (Å²) < 4.78 is 4.91. The molecule has 0 spiro atoms. The van der Waals surface area contributed by atoms with Gasteiger partial charge in [-0.15, -0.1) is 0 Å². The van der Waals surface area contributed by atoms with Gasteiger partial charge in [0.25, 0.3) is 0 Å². The number of hydrogen-bond acceptors (Lipinski definition) is 3. The Morgan fingerprint density at radius 1 is 1.60 bits per heavy atom. The maximum atomic E-state index is 7.39. The Morgan fingerprint density at radius 3 is 2.93 bits per heavy atom. The Bertz CT molecular complexity index is 355. The summed E-state index contributed by atoms with van der Waals surface area (Å²) in [6, 6.07) is 5.17. The van der Waals surface area contributed by atoms with Gasteiger partial charge in [-0.3, -0.25) is 5.41 Å². The number of benzene rings is 1. The summed E-state index contributed by atoms with van der Waals surface area (Å²) in [6.07, 6.45) is 0. The summed E-state index contributed by atoms with van der Waals surface area (Å²) in [5, 5.41) is 11.1. The van der Waals surface area contributed by atoms with Gasteiger partial charge < -0.3 is 15.8 Å². The second-order valence-corrected chi connectivity index (χ2v) is 3.46. The minimum absolute atomic E-state index is 0.0200. The zero-order chi connectivity index (χ0) is 11.3. The summed E-state index contributed by atoms with van der Waals surface area (Å²) in [6.45, 7) is 1.24. The molecule has 0 fully saturated rings. The summed E-state index contributed by atoms with van der Waals surface area (Å²) in [5.41, 5.74) is 6.84. The molecule has 0 aliphatic carbocycles. The maximum absolute atomic E-state index is 7.39. The lowest BCUT2D eigenvalue weighted by molar-refractivity contribution is 0.211. The third-order valence-corrected chi connectivity index (χ3v) is 2.13. The van der Waals surface area contributed by atoms with Crippen LogP contribution in [0.1, 0.15) is 5.56 Å². The highest BCUT2D eigenvalue weighted by atomic mass is 35.5. The fraction of sp³-hybridized carbons (Fsp3) is 0.300. The van der Waals surface area contributed by atoms with Crippen LogP contribution in [-0.4, -0.2) is 26.1 Å². The van der Waals surface area contributed by atoms with Crippen LogP contribution in [0, 0.1) is 5.41 Å². The summed E-state index contributed by atoms with van der Waals surface area (Å²) in [7, 11) is 1.63. The molecule has 0 radical (unpaired) electrons. The van der Waals surface area contributed by atoms with E-state index in [0.29, 0.717) is 23.7 Å². The molecule has 0 bridgehead atoms. The second-order valence-electron chi connectivity index (χ2n) is 3.02. The van der Waals surface area contributed by atoms with E-state index in [9.17, 15) is 0 Å². The lowest BCUT2D eigenvalue weighted by Gasteiger charge is -2.11. The number of nitrogens with two attached hydrogens (primary N) is 1. The van der Waals surface area contributed by atoms with Gasteiger partial charge in [0.15, 0.2) is 0 Å². The molecule has 0 heterocycles. The molecule has 1 rings (SSSR count). The summed E-state index contributed by atoms with van der Waals surface area (Å²) in [4.78, 5) is 0. The van der Waals surface area contributed by atoms with Crippen molar-refractivity contribution in [2.75, 3.05) is 25.6 Å². The number of amidine groups is 1. The first-order valence-electron chi connectivity index (χ1n) is 4.52. The molecule has 4 N–H and O–H groups in total. The Hall–Kier alpha value is -1.26. The Labute approximate surface area is 93.9 Å². The van der Waals surface area contributed by atoms with E-state index in [0.717, 1.165) is 5.69 Å². The van der Waals surface area contributed by atoms with Crippen LogP contribution in [0.15, 0.2) is 18.2 Å². The van der Waals surface area contributed by atoms with Crippen molar-refractivity contribution in [2.24, 2.45) is 5.73 Å². The van der Waals surface area contributed by atoms with Crippen LogP contribution < -0.4 is 11.1 Å². The number of nitrogens with one attached hydrogen (secondary N) is 2. The molecule has 0 aliphatic rings. The molecule has 82 valence electrons. The highest BCUT2D eigenvalue weighted by Gasteiger charge is 2.05. The van der Waals surface area contributed by atoms with Crippen molar-refractivity contribution >= 4 is 23.1 Å².